The minimum atomic E-state index is 0.233. The number of pyridine rings is 1. The Hall–Kier alpha value is -1.67. The van der Waals surface area contributed by atoms with Gasteiger partial charge in [-0.15, -0.1) is 0 Å². The van der Waals surface area contributed by atoms with Gasteiger partial charge in [-0.05, 0) is 24.4 Å². The molecule has 1 rings (SSSR count). The Bertz CT molecular complexity index is 384. The van der Waals surface area contributed by atoms with E-state index < -0.39 is 0 Å². The third-order valence-corrected chi connectivity index (χ3v) is 1.89. The van der Waals surface area contributed by atoms with Crippen LogP contribution in [0.25, 0.3) is 0 Å². The minimum Gasteiger partial charge on any atom is -0.429 e. The fourth-order valence-corrected chi connectivity index (χ4v) is 0.832. The molecule has 14 heavy (non-hydrogen) atoms. The van der Waals surface area contributed by atoms with Crippen LogP contribution in [0.4, 0.5) is 0 Å². The first kappa shape index (κ1) is 10.4. The lowest BCUT2D eigenvalue weighted by molar-refractivity contribution is 0.447. The topological polar surface area (TPSA) is 49.1 Å². The van der Waals surface area contributed by atoms with Crippen molar-refractivity contribution in [2.45, 2.75) is 0 Å². The number of hydrogen-bond donors (Lipinski definition) is 0. The second-order valence-electron chi connectivity index (χ2n) is 2.72. The molecule has 0 aromatic carbocycles. The fraction of sp³-hybridized carbons (Fsp3) is 0.222. The third kappa shape index (κ3) is 2.41. The average molecular weight is 207 g/mol. The second kappa shape index (κ2) is 4.53. The van der Waals surface area contributed by atoms with Crippen LogP contribution in [0, 0.1) is 11.3 Å². The minimum absolute atomic E-state index is 0.233. The first-order valence-electron chi connectivity index (χ1n) is 3.89. The molecular weight excluding hydrogens is 198 g/mol. The van der Waals surface area contributed by atoms with Gasteiger partial charge in [0.15, 0.2) is 11.4 Å². The molecule has 5 heteroatoms. The molecule has 0 N–H and O–H groups in total. The summed E-state index contributed by atoms with van der Waals surface area (Å²) in [5.74, 6) is 0.383. The fourth-order valence-electron chi connectivity index (χ4n) is 0.742. The summed E-state index contributed by atoms with van der Waals surface area (Å²) in [6.45, 7) is 0. The number of nitrogens with zero attached hydrogens (tertiary/aromatic N) is 3. The van der Waals surface area contributed by atoms with Crippen molar-refractivity contribution in [2.75, 3.05) is 14.1 Å². The standard InChI is InChI=1S/C9H9N3OS/c1-12(2)9(14)13-8-4-3-5-11-7(8)6-10/h3-5H,1-2H3. The Labute approximate surface area is 87.7 Å². The van der Waals surface area contributed by atoms with Crippen molar-refractivity contribution in [3.63, 3.8) is 0 Å². The number of ether oxygens (including phenoxy) is 1. The van der Waals surface area contributed by atoms with Gasteiger partial charge in [0.25, 0.3) is 5.17 Å². The van der Waals surface area contributed by atoms with Crippen LogP contribution < -0.4 is 4.74 Å². The van der Waals surface area contributed by atoms with Crippen molar-refractivity contribution in [1.29, 1.82) is 5.26 Å². The van der Waals surface area contributed by atoms with E-state index in [1.54, 1.807) is 31.1 Å². The van der Waals surface area contributed by atoms with Gasteiger partial charge in [0, 0.05) is 20.3 Å². The molecule has 0 fully saturated rings. The maximum Gasteiger partial charge on any atom is 0.264 e. The lowest BCUT2D eigenvalue weighted by Gasteiger charge is -2.13. The van der Waals surface area contributed by atoms with Gasteiger partial charge in [0.2, 0.25) is 0 Å². The molecule has 0 radical (unpaired) electrons. The van der Waals surface area contributed by atoms with Gasteiger partial charge >= 0.3 is 0 Å². The molecule has 0 unspecified atom stereocenters. The number of nitriles is 1. The Morgan fingerprint density at radius 1 is 1.64 bits per heavy atom. The van der Waals surface area contributed by atoms with Crippen molar-refractivity contribution >= 4 is 17.4 Å². The van der Waals surface area contributed by atoms with Crippen LogP contribution in [0.5, 0.6) is 5.75 Å². The molecule has 0 aliphatic rings. The largest absolute Gasteiger partial charge is 0.429 e. The van der Waals surface area contributed by atoms with Gasteiger partial charge in [0.05, 0.1) is 0 Å². The SMILES string of the molecule is CN(C)C(=S)Oc1cccnc1C#N. The summed E-state index contributed by atoms with van der Waals surface area (Å²) < 4.78 is 5.27. The summed E-state index contributed by atoms with van der Waals surface area (Å²) in [4.78, 5) is 5.49. The molecule has 4 nitrogen and oxygen atoms in total. The van der Waals surface area contributed by atoms with E-state index in [0.717, 1.165) is 0 Å². The highest BCUT2D eigenvalue weighted by Gasteiger charge is 2.07. The molecule has 1 aromatic heterocycles. The monoisotopic (exact) mass is 207 g/mol. The first-order chi connectivity index (χ1) is 6.65. The summed E-state index contributed by atoms with van der Waals surface area (Å²) in [5, 5.41) is 9.02. The van der Waals surface area contributed by atoms with Crippen molar-refractivity contribution in [3.05, 3.63) is 24.0 Å². The molecular formula is C9H9N3OS. The molecule has 0 spiro atoms. The summed E-state index contributed by atoms with van der Waals surface area (Å²) in [7, 11) is 3.54. The highest BCUT2D eigenvalue weighted by molar-refractivity contribution is 7.80. The van der Waals surface area contributed by atoms with Gasteiger partial charge < -0.3 is 9.64 Å². The van der Waals surface area contributed by atoms with E-state index in [4.69, 9.17) is 22.2 Å². The van der Waals surface area contributed by atoms with Crippen molar-refractivity contribution in [1.82, 2.24) is 9.88 Å². The van der Waals surface area contributed by atoms with Crippen LogP contribution >= 0.6 is 12.2 Å². The number of aromatic nitrogens is 1. The van der Waals surface area contributed by atoms with Crippen LogP contribution in [-0.4, -0.2) is 29.2 Å². The Morgan fingerprint density at radius 2 is 2.36 bits per heavy atom. The van der Waals surface area contributed by atoms with Crippen LogP contribution in [-0.2, 0) is 0 Å². The molecule has 0 saturated heterocycles. The van der Waals surface area contributed by atoms with E-state index in [9.17, 15) is 0 Å². The van der Waals surface area contributed by atoms with Crippen molar-refractivity contribution in [3.8, 4) is 11.8 Å². The molecule has 1 heterocycles. The molecule has 0 saturated carbocycles. The lowest BCUT2D eigenvalue weighted by Crippen LogP contribution is -2.25. The summed E-state index contributed by atoms with van der Waals surface area (Å²) in [5.41, 5.74) is 0.233. The van der Waals surface area contributed by atoms with Crippen molar-refractivity contribution < 1.29 is 4.74 Å². The van der Waals surface area contributed by atoms with E-state index in [-0.39, 0.29) is 5.69 Å². The smallest absolute Gasteiger partial charge is 0.264 e. The summed E-state index contributed by atoms with van der Waals surface area (Å²) >= 11 is 4.93. The quantitative estimate of drug-likeness (QED) is 0.647. The number of thiocarbonyl (C=S) groups is 1. The highest BCUT2D eigenvalue weighted by atomic mass is 32.1. The van der Waals surface area contributed by atoms with Gasteiger partial charge in [-0.3, -0.25) is 0 Å². The third-order valence-electron chi connectivity index (χ3n) is 1.44. The molecule has 72 valence electrons. The molecule has 0 aliphatic carbocycles. The van der Waals surface area contributed by atoms with E-state index in [1.165, 1.54) is 6.20 Å². The van der Waals surface area contributed by atoms with Crippen LogP contribution in [0.3, 0.4) is 0 Å². The molecule has 1 aromatic rings. The van der Waals surface area contributed by atoms with Gasteiger partial charge in [-0.1, -0.05) is 0 Å². The zero-order chi connectivity index (χ0) is 10.6. The van der Waals surface area contributed by atoms with Gasteiger partial charge in [-0.25, -0.2) is 4.98 Å². The van der Waals surface area contributed by atoms with Crippen LogP contribution in [0.1, 0.15) is 5.69 Å². The maximum atomic E-state index is 8.72. The predicted molar refractivity (Wildman–Crippen MR) is 55.9 cm³/mol. The zero-order valence-electron chi connectivity index (χ0n) is 7.89. The maximum absolute atomic E-state index is 8.72. The first-order valence-corrected chi connectivity index (χ1v) is 4.30. The summed E-state index contributed by atoms with van der Waals surface area (Å²) in [6, 6.07) is 5.27. The average Bonchev–Trinajstić information content (AvgIpc) is 2.18. The Kier molecular flexibility index (Phi) is 3.37. The summed E-state index contributed by atoms with van der Waals surface area (Å²) in [6.07, 6.45) is 1.53. The van der Waals surface area contributed by atoms with Crippen LogP contribution in [0.15, 0.2) is 18.3 Å². The van der Waals surface area contributed by atoms with E-state index in [2.05, 4.69) is 4.98 Å². The molecule has 0 amide bonds. The zero-order valence-corrected chi connectivity index (χ0v) is 8.71. The molecule has 0 aliphatic heterocycles. The Balaban J connectivity index is 2.87. The van der Waals surface area contributed by atoms with Gasteiger partial charge in [0.1, 0.15) is 6.07 Å². The van der Waals surface area contributed by atoms with E-state index in [1.807, 2.05) is 6.07 Å². The Morgan fingerprint density at radius 3 is 2.93 bits per heavy atom. The van der Waals surface area contributed by atoms with E-state index >= 15 is 0 Å². The number of hydrogen-bond acceptors (Lipinski definition) is 4. The molecule has 0 atom stereocenters. The second-order valence-corrected chi connectivity index (χ2v) is 3.07. The lowest BCUT2D eigenvalue weighted by atomic mass is 10.3. The highest BCUT2D eigenvalue weighted by Crippen LogP contribution is 2.14. The predicted octanol–water partition coefficient (Wildman–Crippen LogP) is 1.18. The van der Waals surface area contributed by atoms with E-state index in [0.29, 0.717) is 10.9 Å². The molecule has 0 bridgehead atoms. The number of rotatable bonds is 1. The van der Waals surface area contributed by atoms with Crippen molar-refractivity contribution in [2.24, 2.45) is 0 Å². The normalized spacial score (nSPS) is 8.93. The van der Waals surface area contributed by atoms with Crippen LogP contribution in [0.2, 0.25) is 0 Å². The van der Waals surface area contributed by atoms with Gasteiger partial charge in [-0.2, -0.15) is 5.26 Å².